The fraction of sp³-hybridized carbons (Fsp3) is 0.882. The lowest BCUT2D eigenvalue weighted by Crippen LogP contribution is -2.70. The van der Waals surface area contributed by atoms with E-state index in [0.717, 1.165) is 25.2 Å². The maximum absolute atomic E-state index is 14.8. The molecule has 0 aromatic carbocycles. The van der Waals surface area contributed by atoms with E-state index in [1.807, 2.05) is 0 Å². The van der Waals surface area contributed by atoms with Crippen LogP contribution in [0.5, 0.6) is 0 Å². The number of amides is 1. The van der Waals surface area contributed by atoms with Gasteiger partial charge in [-0.15, -0.1) is 0 Å². The summed E-state index contributed by atoms with van der Waals surface area (Å²) >= 11 is 0. The second-order valence-electron chi connectivity index (χ2n) is 9.12. The normalized spacial score (nSPS) is 41.7. The second kappa shape index (κ2) is 5.57. The number of hydrogen-bond acceptors (Lipinski definition) is 3. The Morgan fingerprint density at radius 3 is 2.35 bits per heavy atom. The molecule has 0 aromatic heterocycles. The van der Waals surface area contributed by atoms with Crippen molar-refractivity contribution in [3.63, 3.8) is 0 Å². The first kappa shape index (κ1) is 16.9. The van der Waals surface area contributed by atoms with Crippen molar-refractivity contribution in [2.45, 2.75) is 69.0 Å². The van der Waals surface area contributed by atoms with Gasteiger partial charge in [-0.3, -0.25) is 0 Å². The number of aldehydes is 1. The molecule has 4 rings (SSSR count). The van der Waals surface area contributed by atoms with Crippen molar-refractivity contribution < 1.29 is 18.7 Å². The molecule has 1 amide bonds. The molecule has 0 radical (unpaired) electrons. The second-order valence-corrected chi connectivity index (χ2v) is 14.7. The van der Waals surface area contributed by atoms with Gasteiger partial charge >= 0.3 is 6.09 Å². The molecule has 5 atom stereocenters. The number of halogens is 1. The summed E-state index contributed by atoms with van der Waals surface area (Å²) in [7, 11) is -1.26. The van der Waals surface area contributed by atoms with Crippen LogP contribution >= 0.6 is 0 Å². The highest BCUT2D eigenvalue weighted by Crippen LogP contribution is 2.60. The first-order valence-electron chi connectivity index (χ1n) is 8.76. The molecule has 0 aromatic rings. The van der Waals surface area contributed by atoms with E-state index in [1.54, 1.807) is 0 Å². The van der Waals surface area contributed by atoms with Crippen LogP contribution in [0.3, 0.4) is 0 Å². The van der Waals surface area contributed by atoms with Crippen LogP contribution in [-0.4, -0.2) is 38.3 Å². The van der Waals surface area contributed by atoms with Crippen molar-refractivity contribution >= 4 is 20.5 Å². The molecule has 4 saturated carbocycles. The Balaban J connectivity index is 1.65. The number of alkyl carbamates (subject to hydrolysis) is 1. The molecule has 0 saturated heterocycles. The summed E-state index contributed by atoms with van der Waals surface area (Å²) in [6.45, 7) is 7.06. The Labute approximate surface area is 138 Å². The average Bonchev–Trinajstić information content (AvgIpc) is 2.39. The zero-order chi connectivity index (χ0) is 16.9. The van der Waals surface area contributed by atoms with Crippen LogP contribution in [0.4, 0.5) is 9.18 Å². The Morgan fingerprint density at radius 2 is 1.87 bits per heavy atom. The maximum atomic E-state index is 14.8. The zero-order valence-corrected chi connectivity index (χ0v) is 15.4. The molecular formula is C17H28FNO3Si. The topological polar surface area (TPSA) is 55.4 Å². The Hall–Kier alpha value is -0.913. The summed E-state index contributed by atoms with van der Waals surface area (Å²) in [6, 6.07) is 0.900. The number of ether oxygens (including phenoxy) is 1. The minimum absolute atomic E-state index is 0.0826. The van der Waals surface area contributed by atoms with Crippen LogP contribution in [-0.2, 0) is 9.53 Å². The van der Waals surface area contributed by atoms with E-state index in [1.165, 1.54) is 0 Å². The quantitative estimate of drug-likeness (QED) is 0.615. The minimum atomic E-state index is -1.26. The van der Waals surface area contributed by atoms with Gasteiger partial charge in [-0.25, -0.2) is 9.18 Å². The van der Waals surface area contributed by atoms with Crippen LogP contribution in [0.1, 0.15) is 32.1 Å². The molecule has 3 unspecified atom stereocenters. The lowest BCUT2D eigenvalue weighted by atomic mass is 9.48. The van der Waals surface area contributed by atoms with Gasteiger partial charge < -0.3 is 14.8 Å². The predicted octanol–water partition coefficient (Wildman–Crippen LogP) is 3.54. The van der Waals surface area contributed by atoms with Crippen molar-refractivity contribution in [1.29, 1.82) is 0 Å². The van der Waals surface area contributed by atoms with Gasteiger partial charge in [-0.1, -0.05) is 19.6 Å². The summed E-state index contributed by atoms with van der Waals surface area (Å²) in [5.74, 6) is 0.205. The van der Waals surface area contributed by atoms with Gasteiger partial charge in [0.15, 0.2) is 0 Å². The van der Waals surface area contributed by atoms with Crippen LogP contribution in [0.25, 0.3) is 0 Å². The third kappa shape index (κ3) is 3.19. The smallest absolute Gasteiger partial charge is 0.407 e. The number of alkyl halides is 1. The van der Waals surface area contributed by atoms with Gasteiger partial charge in [0.1, 0.15) is 17.5 Å². The van der Waals surface area contributed by atoms with E-state index in [9.17, 15) is 14.0 Å². The largest absolute Gasteiger partial charge is 0.450 e. The van der Waals surface area contributed by atoms with Crippen molar-refractivity contribution in [2.24, 2.45) is 17.8 Å². The number of carbonyl (C=O) groups is 2. The standard InChI is InChI=1S/C17H28FNO3Si/c1-23(2,3)5-4-22-15(21)19-17(11-20)13-6-12-7-14(17)10-16(18,8-12)9-13/h11-14H,4-10H2,1-3H3,(H,19,21)/t12?,13-,14+,16?,17?. The van der Waals surface area contributed by atoms with Gasteiger partial charge in [-0.2, -0.15) is 0 Å². The molecule has 1 N–H and O–H groups in total. The van der Waals surface area contributed by atoms with Gasteiger partial charge in [0.2, 0.25) is 0 Å². The summed E-state index contributed by atoms with van der Waals surface area (Å²) in [4.78, 5) is 24.1. The summed E-state index contributed by atoms with van der Waals surface area (Å²) in [5, 5.41) is 2.85. The number of hydrogen-bond donors (Lipinski definition) is 1. The van der Waals surface area contributed by atoms with E-state index < -0.39 is 25.4 Å². The molecule has 0 spiro atoms. The Bertz CT molecular complexity index is 489. The van der Waals surface area contributed by atoms with E-state index in [0.29, 0.717) is 31.8 Å². The van der Waals surface area contributed by atoms with Gasteiger partial charge in [0, 0.05) is 8.07 Å². The Morgan fingerprint density at radius 1 is 1.26 bits per heavy atom. The summed E-state index contributed by atoms with van der Waals surface area (Å²) in [5.41, 5.74) is -2.03. The highest BCUT2D eigenvalue weighted by Gasteiger charge is 2.63. The van der Waals surface area contributed by atoms with Gasteiger partial charge in [0.05, 0.1) is 6.61 Å². The fourth-order valence-corrected chi connectivity index (χ4v) is 5.75. The SMILES string of the molecule is C[Si](C)(C)CCOC(=O)NC1(C=O)[C@@H]2CC3C[C@H]1CC(F)(C3)C2. The number of rotatable bonds is 5. The van der Waals surface area contributed by atoms with E-state index in [-0.39, 0.29) is 11.8 Å². The van der Waals surface area contributed by atoms with Crippen LogP contribution < -0.4 is 5.32 Å². The predicted molar refractivity (Wildman–Crippen MR) is 88.8 cm³/mol. The minimum Gasteiger partial charge on any atom is -0.450 e. The first-order chi connectivity index (χ1) is 10.7. The van der Waals surface area contributed by atoms with Crippen molar-refractivity contribution in [3.8, 4) is 0 Å². The molecule has 4 aliphatic rings. The van der Waals surface area contributed by atoms with E-state index in [2.05, 4.69) is 25.0 Å². The fourth-order valence-electron chi connectivity index (χ4n) is 5.03. The highest BCUT2D eigenvalue weighted by atomic mass is 28.3. The molecule has 0 heterocycles. The molecule has 4 bridgehead atoms. The van der Waals surface area contributed by atoms with Gasteiger partial charge in [0.25, 0.3) is 0 Å². The molecule has 0 aliphatic heterocycles. The van der Waals surface area contributed by atoms with E-state index in [4.69, 9.17) is 4.74 Å². The molecule has 4 fully saturated rings. The number of nitrogens with one attached hydrogen (secondary N) is 1. The van der Waals surface area contributed by atoms with Crippen molar-refractivity contribution in [3.05, 3.63) is 0 Å². The summed E-state index contributed by atoms with van der Waals surface area (Å²) in [6.07, 6.45) is 3.46. The monoisotopic (exact) mass is 341 g/mol. The third-order valence-electron chi connectivity index (χ3n) is 6.06. The molecule has 6 heteroatoms. The van der Waals surface area contributed by atoms with Crippen LogP contribution in [0, 0.1) is 17.8 Å². The highest BCUT2D eigenvalue weighted by molar-refractivity contribution is 6.76. The Kier molecular flexibility index (Phi) is 4.10. The molecule has 4 aliphatic carbocycles. The van der Waals surface area contributed by atoms with Crippen molar-refractivity contribution in [2.75, 3.05) is 6.61 Å². The average molecular weight is 341 g/mol. The maximum Gasteiger partial charge on any atom is 0.407 e. The zero-order valence-electron chi connectivity index (χ0n) is 14.4. The van der Waals surface area contributed by atoms with Crippen molar-refractivity contribution in [1.82, 2.24) is 5.32 Å². The summed E-state index contributed by atoms with van der Waals surface area (Å²) < 4.78 is 20.1. The molecule has 23 heavy (non-hydrogen) atoms. The van der Waals surface area contributed by atoms with Crippen LogP contribution in [0.15, 0.2) is 0 Å². The third-order valence-corrected chi connectivity index (χ3v) is 7.77. The van der Waals surface area contributed by atoms with E-state index >= 15 is 0 Å². The first-order valence-corrected chi connectivity index (χ1v) is 12.5. The number of carbonyl (C=O) groups excluding carboxylic acids is 2. The molecule has 4 nitrogen and oxygen atoms in total. The van der Waals surface area contributed by atoms with Gasteiger partial charge in [-0.05, 0) is 55.9 Å². The molecule has 130 valence electrons. The lowest BCUT2D eigenvalue weighted by Gasteiger charge is -2.60. The molecular weight excluding hydrogens is 313 g/mol. The van der Waals surface area contributed by atoms with Crippen LogP contribution in [0.2, 0.25) is 25.7 Å². The lowest BCUT2D eigenvalue weighted by molar-refractivity contribution is -0.147.